The van der Waals surface area contributed by atoms with E-state index in [-0.39, 0.29) is 25.3 Å². The molecule has 2 heterocycles. The van der Waals surface area contributed by atoms with Crippen molar-refractivity contribution in [2.75, 3.05) is 13.1 Å². The molecule has 3 N–H and O–H groups in total. The van der Waals surface area contributed by atoms with Crippen molar-refractivity contribution in [3.8, 4) is 17.2 Å². The molecule has 3 fully saturated rings. The summed E-state index contributed by atoms with van der Waals surface area (Å²) in [5, 5.41) is 27.1. The molecule has 202 valence electrons. The summed E-state index contributed by atoms with van der Waals surface area (Å²) in [7, 11) is 0. The van der Waals surface area contributed by atoms with Gasteiger partial charge in [0, 0.05) is 42.5 Å². The van der Waals surface area contributed by atoms with Crippen molar-refractivity contribution < 1.29 is 28.3 Å². The molecule has 10 heteroatoms. The molecule has 2 aliphatic carbocycles. The Labute approximate surface area is 224 Å². The molecule has 1 saturated carbocycles. The zero-order valence-corrected chi connectivity index (χ0v) is 21.1. The van der Waals surface area contributed by atoms with Gasteiger partial charge in [-0.3, -0.25) is 14.4 Å². The van der Waals surface area contributed by atoms with E-state index in [0.717, 1.165) is 4.90 Å². The van der Waals surface area contributed by atoms with Gasteiger partial charge in [0.25, 0.3) is 11.8 Å². The molecule has 2 aromatic carbocycles. The first-order valence-corrected chi connectivity index (χ1v) is 13.2. The van der Waals surface area contributed by atoms with Crippen LogP contribution in [0.1, 0.15) is 36.8 Å². The number of aliphatic hydroxyl groups is 1. The lowest BCUT2D eigenvalue weighted by molar-refractivity contribution is -0.153. The van der Waals surface area contributed by atoms with Crippen molar-refractivity contribution in [3.63, 3.8) is 0 Å². The highest BCUT2D eigenvalue weighted by Crippen LogP contribution is 2.54. The lowest BCUT2D eigenvalue weighted by Gasteiger charge is -2.34. The van der Waals surface area contributed by atoms with Crippen molar-refractivity contribution in [2.24, 2.45) is 17.8 Å². The summed E-state index contributed by atoms with van der Waals surface area (Å²) in [5.41, 5.74) is -0.165. The first-order chi connectivity index (χ1) is 18.7. The van der Waals surface area contributed by atoms with Gasteiger partial charge in [-0.25, -0.2) is 8.78 Å². The van der Waals surface area contributed by atoms with Crippen LogP contribution in [0.3, 0.4) is 0 Å². The normalized spacial score (nSPS) is 28.2. The van der Waals surface area contributed by atoms with Crippen LogP contribution in [-0.2, 0) is 20.0 Å². The molecule has 8 nitrogen and oxygen atoms in total. The Morgan fingerprint density at radius 3 is 2.36 bits per heavy atom. The minimum atomic E-state index is -3.07. The van der Waals surface area contributed by atoms with Crippen LogP contribution in [0.4, 0.5) is 8.78 Å². The third kappa shape index (κ3) is 3.82. The van der Waals surface area contributed by atoms with E-state index in [1.165, 1.54) is 0 Å². The minimum absolute atomic E-state index is 0.0351. The Morgan fingerprint density at radius 2 is 1.77 bits per heavy atom. The molecule has 3 amide bonds. The Morgan fingerprint density at radius 1 is 1.13 bits per heavy atom. The van der Waals surface area contributed by atoms with Gasteiger partial charge >= 0.3 is 0 Å². The summed E-state index contributed by atoms with van der Waals surface area (Å²) in [6.45, 7) is 0.102. The molecular formula is C29H28F2N4O4. The summed E-state index contributed by atoms with van der Waals surface area (Å²) in [5.74, 6) is -7.33. The van der Waals surface area contributed by atoms with Gasteiger partial charge in [-0.1, -0.05) is 48.5 Å². The Balaban J connectivity index is 1.35. The van der Waals surface area contributed by atoms with Gasteiger partial charge in [0.2, 0.25) is 11.8 Å². The lowest BCUT2D eigenvalue weighted by Crippen LogP contribution is -2.55. The average molecular weight is 535 g/mol. The van der Waals surface area contributed by atoms with Crippen LogP contribution in [0.5, 0.6) is 0 Å². The standard InChI is InChI=1S/C29H28F2N4O4/c30-28(31)11-9-20-23(28)15-35(24(20)26(37)34-17(14-32)13-16-10-12-33-25(16)36)27(38)29(39)21-7-3-1-5-18(21)19-6-2-4-8-22(19)29/h1-8,16-17,20,23-24,39H,9-13,15H2,(H,33,36)(H,34,37)/t16-,17-,20+,23+,24-/m1/s1. The number of fused-ring (bicyclic) bond motifs is 4. The number of hydrogen-bond donors (Lipinski definition) is 3. The van der Waals surface area contributed by atoms with Crippen LogP contribution in [-0.4, -0.2) is 58.8 Å². The first-order valence-electron chi connectivity index (χ1n) is 13.2. The van der Waals surface area contributed by atoms with Crippen molar-refractivity contribution in [3.05, 3.63) is 59.7 Å². The molecule has 6 rings (SSSR count). The molecule has 0 bridgehead atoms. The van der Waals surface area contributed by atoms with Crippen molar-refractivity contribution in [2.45, 2.75) is 49.3 Å². The van der Waals surface area contributed by atoms with E-state index in [4.69, 9.17) is 0 Å². The van der Waals surface area contributed by atoms with Gasteiger partial charge < -0.3 is 20.6 Å². The average Bonchev–Trinajstić information content (AvgIpc) is 3.66. The smallest absolute Gasteiger partial charge is 0.264 e. The number of hydrogen-bond acceptors (Lipinski definition) is 5. The molecule has 0 spiro atoms. The summed E-state index contributed by atoms with van der Waals surface area (Å²) in [6.07, 6.45) is 0.259. The number of amides is 3. The van der Waals surface area contributed by atoms with Gasteiger partial charge in [-0.05, 0) is 36.3 Å². The van der Waals surface area contributed by atoms with Gasteiger partial charge in [0.15, 0.2) is 5.60 Å². The van der Waals surface area contributed by atoms with E-state index in [1.54, 1.807) is 48.5 Å². The van der Waals surface area contributed by atoms with E-state index in [9.17, 15) is 33.5 Å². The van der Waals surface area contributed by atoms with E-state index in [0.29, 0.717) is 35.2 Å². The SMILES string of the molecule is N#C[C@@H](C[C@H]1CCNC1=O)NC(=O)[C@H]1[C@H]2CCC(F)(F)[C@H]2CN1C(=O)C1(O)c2ccccc2-c2ccccc21. The maximum absolute atomic E-state index is 14.9. The number of nitriles is 1. The largest absolute Gasteiger partial charge is 0.372 e. The van der Waals surface area contributed by atoms with E-state index < -0.39 is 59.6 Å². The molecule has 2 aliphatic heterocycles. The summed E-state index contributed by atoms with van der Waals surface area (Å²) in [4.78, 5) is 41.0. The van der Waals surface area contributed by atoms with Crippen LogP contribution in [0.15, 0.2) is 48.5 Å². The number of nitrogens with zero attached hydrogens (tertiary/aromatic N) is 2. The second kappa shape index (κ2) is 9.12. The van der Waals surface area contributed by atoms with Gasteiger partial charge in [0.05, 0.1) is 6.07 Å². The van der Waals surface area contributed by atoms with Crippen LogP contribution >= 0.6 is 0 Å². The number of nitrogens with one attached hydrogen (secondary N) is 2. The molecule has 2 aromatic rings. The predicted octanol–water partition coefficient (Wildman–Crippen LogP) is 2.31. The third-order valence-electron chi connectivity index (χ3n) is 8.92. The van der Waals surface area contributed by atoms with Crippen LogP contribution < -0.4 is 10.6 Å². The van der Waals surface area contributed by atoms with E-state index >= 15 is 0 Å². The molecule has 5 atom stereocenters. The monoisotopic (exact) mass is 534 g/mol. The van der Waals surface area contributed by atoms with Crippen LogP contribution in [0, 0.1) is 29.1 Å². The second-order valence-electron chi connectivity index (χ2n) is 11.0. The number of halogens is 2. The number of benzene rings is 2. The third-order valence-corrected chi connectivity index (χ3v) is 8.92. The van der Waals surface area contributed by atoms with E-state index in [1.807, 2.05) is 6.07 Å². The molecule has 2 saturated heterocycles. The molecular weight excluding hydrogens is 506 g/mol. The summed E-state index contributed by atoms with van der Waals surface area (Å²) in [6, 6.07) is 13.5. The molecule has 0 aromatic heterocycles. The highest BCUT2D eigenvalue weighted by Gasteiger charge is 2.63. The summed E-state index contributed by atoms with van der Waals surface area (Å²) < 4.78 is 29.9. The number of rotatable bonds is 5. The van der Waals surface area contributed by atoms with Gasteiger partial charge in [0.1, 0.15) is 12.1 Å². The topological polar surface area (TPSA) is 123 Å². The predicted molar refractivity (Wildman–Crippen MR) is 135 cm³/mol. The fourth-order valence-electron chi connectivity index (χ4n) is 7.01. The van der Waals surface area contributed by atoms with Crippen molar-refractivity contribution >= 4 is 17.7 Å². The quantitative estimate of drug-likeness (QED) is 0.544. The first kappa shape index (κ1) is 25.4. The van der Waals surface area contributed by atoms with Crippen LogP contribution in [0.25, 0.3) is 11.1 Å². The Bertz CT molecular complexity index is 1360. The Hall–Kier alpha value is -3.84. The van der Waals surface area contributed by atoms with Crippen molar-refractivity contribution in [1.29, 1.82) is 5.26 Å². The fraction of sp³-hybridized carbons (Fsp3) is 0.448. The van der Waals surface area contributed by atoms with Gasteiger partial charge in [-0.15, -0.1) is 0 Å². The highest BCUT2D eigenvalue weighted by atomic mass is 19.3. The highest BCUT2D eigenvalue weighted by molar-refractivity contribution is 6.01. The van der Waals surface area contributed by atoms with Crippen LogP contribution in [0.2, 0.25) is 0 Å². The number of alkyl halides is 2. The number of likely N-dealkylation sites (tertiary alicyclic amines) is 1. The number of carbonyl (C=O) groups is 3. The molecule has 4 aliphatic rings. The fourth-order valence-corrected chi connectivity index (χ4v) is 7.01. The number of carbonyl (C=O) groups excluding carboxylic acids is 3. The zero-order valence-electron chi connectivity index (χ0n) is 21.1. The minimum Gasteiger partial charge on any atom is -0.372 e. The molecule has 39 heavy (non-hydrogen) atoms. The Kier molecular flexibility index (Phi) is 5.95. The molecule has 0 unspecified atom stereocenters. The maximum atomic E-state index is 14.9. The van der Waals surface area contributed by atoms with E-state index in [2.05, 4.69) is 10.6 Å². The van der Waals surface area contributed by atoms with Crippen molar-refractivity contribution in [1.82, 2.24) is 15.5 Å². The summed E-state index contributed by atoms with van der Waals surface area (Å²) >= 11 is 0. The maximum Gasteiger partial charge on any atom is 0.264 e. The molecule has 0 radical (unpaired) electrons. The lowest BCUT2D eigenvalue weighted by atomic mass is 9.88. The zero-order chi connectivity index (χ0) is 27.5. The second-order valence-corrected chi connectivity index (χ2v) is 11.0. The van der Waals surface area contributed by atoms with Gasteiger partial charge in [-0.2, -0.15) is 5.26 Å².